The van der Waals surface area contributed by atoms with Crippen LogP contribution in [0.1, 0.15) is 15.9 Å². The lowest BCUT2D eigenvalue weighted by molar-refractivity contribution is -0.384. The number of nitrogens with zero attached hydrogens (tertiary/aromatic N) is 1. The van der Waals surface area contributed by atoms with E-state index in [1.54, 1.807) is 12.1 Å². The lowest BCUT2D eigenvalue weighted by Gasteiger charge is -2.10. The molecule has 0 heterocycles. The minimum atomic E-state index is -0.569. The fourth-order valence-electron chi connectivity index (χ4n) is 1.79. The highest BCUT2D eigenvalue weighted by atomic mass is 79.9. The van der Waals surface area contributed by atoms with Crippen molar-refractivity contribution in [3.63, 3.8) is 0 Å². The third-order valence-corrected chi connectivity index (χ3v) is 3.87. The maximum atomic E-state index is 12.2. The molecule has 0 fully saturated rings. The first-order valence-corrected chi connectivity index (χ1v) is 6.80. The Hall–Kier alpha value is -2.41. The lowest BCUT2D eigenvalue weighted by atomic mass is 10.1. The van der Waals surface area contributed by atoms with Crippen molar-refractivity contribution in [2.24, 2.45) is 0 Å². The molecule has 0 aliphatic rings. The molecule has 0 aliphatic heterocycles. The van der Waals surface area contributed by atoms with Crippen LogP contribution in [0.2, 0.25) is 0 Å². The molecule has 0 saturated heterocycles. The number of anilines is 2. The van der Waals surface area contributed by atoms with Gasteiger partial charge in [0.15, 0.2) is 0 Å². The van der Waals surface area contributed by atoms with E-state index in [-0.39, 0.29) is 16.9 Å². The molecule has 2 aromatic rings. The van der Waals surface area contributed by atoms with Crippen LogP contribution in [0.4, 0.5) is 17.1 Å². The smallest absolute Gasteiger partial charge is 0.270 e. The molecule has 2 aromatic carbocycles. The predicted octanol–water partition coefficient (Wildman–Crippen LogP) is 3.50. The van der Waals surface area contributed by atoms with E-state index < -0.39 is 10.8 Å². The summed E-state index contributed by atoms with van der Waals surface area (Å²) in [6.07, 6.45) is 0. The summed E-state index contributed by atoms with van der Waals surface area (Å²) < 4.78 is 0.854. The summed E-state index contributed by atoms with van der Waals surface area (Å²) in [4.78, 5) is 22.4. The van der Waals surface area contributed by atoms with Crippen LogP contribution in [0.3, 0.4) is 0 Å². The Morgan fingerprint density at radius 1 is 1.33 bits per heavy atom. The van der Waals surface area contributed by atoms with Crippen molar-refractivity contribution in [3.05, 3.63) is 62.1 Å². The Balaban J connectivity index is 2.34. The minimum absolute atomic E-state index is 0.0728. The van der Waals surface area contributed by atoms with Crippen molar-refractivity contribution in [1.82, 2.24) is 0 Å². The normalized spacial score (nSPS) is 10.2. The van der Waals surface area contributed by atoms with E-state index in [9.17, 15) is 14.9 Å². The first-order chi connectivity index (χ1) is 9.90. The number of nitrogens with one attached hydrogen (secondary N) is 1. The van der Waals surface area contributed by atoms with Gasteiger partial charge in [-0.3, -0.25) is 14.9 Å². The zero-order chi connectivity index (χ0) is 15.6. The number of amides is 1. The number of nitrogens with two attached hydrogens (primary N) is 1. The first kappa shape index (κ1) is 15.0. The molecule has 0 saturated carbocycles. The summed E-state index contributed by atoms with van der Waals surface area (Å²) >= 11 is 3.37. The number of hydrogen-bond acceptors (Lipinski definition) is 4. The Kier molecular flexibility index (Phi) is 4.23. The summed E-state index contributed by atoms with van der Waals surface area (Å²) in [5.41, 5.74) is 7.27. The van der Waals surface area contributed by atoms with Gasteiger partial charge in [0.05, 0.1) is 10.5 Å². The van der Waals surface area contributed by atoms with Crippen LogP contribution in [-0.2, 0) is 0 Å². The van der Waals surface area contributed by atoms with E-state index in [2.05, 4.69) is 21.2 Å². The van der Waals surface area contributed by atoms with E-state index in [4.69, 9.17) is 5.73 Å². The first-order valence-electron chi connectivity index (χ1n) is 6.00. The highest BCUT2D eigenvalue weighted by Gasteiger charge is 2.16. The molecule has 0 spiro atoms. The zero-order valence-electron chi connectivity index (χ0n) is 11.1. The topological polar surface area (TPSA) is 98.3 Å². The van der Waals surface area contributed by atoms with E-state index in [1.165, 1.54) is 12.1 Å². The molecule has 0 bridgehead atoms. The second kappa shape index (κ2) is 5.92. The Morgan fingerprint density at radius 2 is 2.05 bits per heavy atom. The van der Waals surface area contributed by atoms with Gasteiger partial charge in [-0.05, 0) is 30.7 Å². The monoisotopic (exact) mass is 349 g/mol. The van der Waals surface area contributed by atoms with Crippen LogP contribution >= 0.6 is 15.9 Å². The Bertz CT molecular complexity index is 731. The molecule has 0 aromatic heterocycles. The van der Waals surface area contributed by atoms with Gasteiger partial charge in [0.2, 0.25) is 0 Å². The molecule has 6 nitrogen and oxygen atoms in total. The summed E-state index contributed by atoms with van der Waals surface area (Å²) in [6.45, 7) is 1.84. The standard InChI is InChI=1S/C14H12BrN3O3/c1-8-11(15)3-2-4-13(8)17-14(19)10-7-9(18(20)21)5-6-12(10)16/h2-7H,16H2,1H3,(H,17,19). The molecule has 108 valence electrons. The van der Waals surface area contributed by atoms with Crippen molar-refractivity contribution in [2.75, 3.05) is 11.1 Å². The fraction of sp³-hybridized carbons (Fsp3) is 0.0714. The second-order valence-corrected chi connectivity index (χ2v) is 5.25. The van der Waals surface area contributed by atoms with E-state index >= 15 is 0 Å². The minimum Gasteiger partial charge on any atom is -0.398 e. The van der Waals surface area contributed by atoms with Gasteiger partial charge < -0.3 is 11.1 Å². The number of rotatable bonds is 3. The molecule has 21 heavy (non-hydrogen) atoms. The Morgan fingerprint density at radius 3 is 2.71 bits per heavy atom. The van der Waals surface area contributed by atoms with Gasteiger partial charge in [-0.25, -0.2) is 0 Å². The van der Waals surface area contributed by atoms with E-state index in [0.29, 0.717) is 5.69 Å². The number of hydrogen-bond donors (Lipinski definition) is 2. The molecular weight excluding hydrogens is 338 g/mol. The van der Waals surface area contributed by atoms with Gasteiger partial charge >= 0.3 is 0 Å². The number of nitro benzene ring substituents is 1. The van der Waals surface area contributed by atoms with Crippen molar-refractivity contribution < 1.29 is 9.72 Å². The average Bonchev–Trinajstić information content (AvgIpc) is 2.44. The maximum absolute atomic E-state index is 12.2. The van der Waals surface area contributed by atoms with Crippen LogP contribution in [0.25, 0.3) is 0 Å². The molecular formula is C14H12BrN3O3. The summed E-state index contributed by atoms with van der Waals surface area (Å²) in [7, 11) is 0. The highest BCUT2D eigenvalue weighted by Crippen LogP contribution is 2.25. The number of carbonyl (C=O) groups excluding carboxylic acids is 1. The van der Waals surface area contributed by atoms with E-state index in [0.717, 1.165) is 16.1 Å². The number of carbonyl (C=O) groups is 1. The van der Waals surface area contributed by atoms with Crippen LogP contribution in [0.5, 0.6) is 0 Å². The quantitative estimate of drug-likeness (QED) is 0.503. The average molecular weight is 350 g/mol. The van der Waals surface area contributed by atoms with Gasteiger partial charge in [-0.2, -0.15) is 0 Å². The van der Waals surface area contributed by atoms with Gasteiger partial charge in [0.25, 0.3) is 11.6 Å². The van der Waals surface area contributed by atoms with Crippen LogP contribution < -0.4 is 11.1 Å². The van der Waals surface area contributed by atoms with Crippen molar-refractivity contribution >= 4 is 38.9 Å². The number of non-ortho nitro benzene ring substituents is 1. The highest BCUT2D eigenvalue weighted by molar-refractivity contribution is 9.10. The van der Waals surface area contributed by atoms with E-state index in [1.807, 2.05) is 13.0 Å². The molecule has 1 amide bonds. The SMILES string of the molecule is Cc1c(Br)cccc1NC(=O)c1cc([N+](=O)[O-])ccc1N. The molecule has 2 rings (SSSR count). The summed E-state index contributed by atoms with van der Waals surface area (Å²) in [5, 5.41) is 13.5. The summed E-state index contributed by atoms with van der Waals surface area (Å²) in [5.74, 6) is -0.489. The lowest BCUT2D eigenvalue weighted by Crippen LogP contribution is -2.15. The van der Waals surface area contributed by atoms with Gasteiger partial charge in [-0.1, -0.05) is 22.0 Å². The van der Waals surface area contributed by atoms with Crippen LogP contribution in [0.15, 0.2) is 40.9 Å². The van der Waals surface area contributed by atoms with Crippen LogP contribution in [0, 0.1) is 17.0 Å². The molecule has 0 radical (unpaired) electrons. The number of nitrogen functional groups attached to an aromatic ring is 1. The second-order valence-electron chi connectivity index (χ2n) is 4.40. The molecule has 7 heteroatoms. The van der Waals surface area contributed by atoms with Gasteiger partial charge in [0.1, 0.15) is 0 Å². The third kappa shape index (κ3) is 3.19. The third-order valence-electron chi connectivity index (χ3n) is 3.01. The number of nitro groups is 1. The van der Waals surface area contributed by atoms with Gasteiger partial charge in [-0.15, -0.1) is 0 Å². The fourth-order valence-corrected chi connectivity index (χ4v) is 2.15. The molecule has 0 unspecified atom stereocenters. The Labute approximate surface area is 129 Å². The number of benzene rings is 2. The predicted molar refractivity (Wildman–Crippen MR) is 84.3 cm³/mol. The number of halogens is 1. The molecule has 3 N–H and O–H groups in total. The molecule has 0 atom stereocenters. The van der Waals surface area contributed by atoms with Crippen LogP contribution in [-0.4, -0.2) is 10.8 Å². The van der Waals surface area contributed by atoms with Crippen molar-refractivity contribution in [1.29, 1.82) is 0 Å². The van der Waals surface area contributed by atoms with Gasteiger partial charge in [0, 0.05) is 28.0 Å². The van der Waals surface area contributed by atoms with Crippen molar-refractivity contribution in [3.8, 4) is 0 Å². The summed E-state index contributed by atoms with van der Waals surface area (Å²) in [6, 6.07) is 9.15. The maximum Gasteiger partial charge on any atom is 0.270 e. The van der Waals surface area contributed by atoms with Crippen molar-refractivity contribution in [2.45, 2.75) is 6.92 Å². The largest absolute Gasteiger partial charge is 0.398 e. The molecule has 0 aliphatic carbocycles. The zero-order valence-corrected chi connectivity index (χ0v) is 12.7.